The Kier molecular flexibility index (Phi) is 10.1. The lowest BCUT2D eigenvalue weighted by atomic mass is 10.0. The van der Waals surface area contributed by atoms with Crippen LogP contribution >= 0.6 is 0 Å². The average molecular weight is 564 g/mol. The van der Waals surface area contributed by atoms with Crippen molar-refractivity contribution >= 4 is 35.0 Å². The third-order valence-corrected chi connectivity index (χ3v) is 6.46. The van der Waals surface area contributed by atoms with E-state index >= 15 is 0 Å². The van der Waals surface area contributed by atoms with Crippen LogP contribution in [0.5, 0.6) is 11.5 Å². The Labute approximate surface area is 236 Å². The number of halogens is 2. The zero-order valence-corrected chi connectivity index (χ0v) is 22.4. The van der Waals surface area contributed by atoms with Crippen molar-refractivity contribution in [2.45, 2.75) is 38.6 Å². The number of hydrogen-bond acceptors (Lipinski definition) is 4. The van der Waals surface area contributed by atoms with Gasteiger partial charge in [-0.3, -0.25) is 9.59 Å². The summed E-state index contributed by atoms with van der Waals surface area (Å²) in [6.07, 6.45) is 7.33. The van der Waals surface area contributed by atoms with Crippen LogP contribution in [-0.2, 0) is 22.6 Å². The average Bonchev–Trinajstić information content (AvgIpc) is 3.29. The largest absolute Gasteiger partial charge is 0.494 e. The van der Waals surface area contributed by atoms with Gasteiger partial charge in [0, 0.05) is 30.1 Å². The highest BCUT2D eigenvalue weighted by atomic mass is 19.2. The number of carbonyl (C=O) groups is 2. The molecule has 1 aromatic heterocycles. The first-order chi connectivity index (χ1) is 19.8. The summed E-state index contributed by atoms with van der Waals surface area (Å²) in [6.45, 7) is 1.18. The number of carboxylic acids is 2. The van der Waals surface area contributed by atoms with E-state index in [1.165, 1.54) is 12.1 Å². The number of nitrogens with zero attached hydrogens (tertiary/aromatic N) is 1. The lowest BCUT2D eigenvalue weighted by Gasteiger charge is -2.09. The zero-order valence-electron chi connectivity index (χ0n) is 22.4. The zero-order chi connectivity index (χ0) is 29.2. The van der Waals surface area contributed by atoms with E-state index in [0.717, 1.165) is 28.1 Å². The second-order valence-corrected chi connectivity index (χ2v) is 9.52. The molecular weight excluding hydrogens is 532 g/mol. The summed E-state index contributed by atoms with van der Waals surface area (Å²) < 4.78 is 39.8. The van der Waals surface area contributed by atoms with E-state index in [1.807, 2.05) is 59.2 Å². The normalized spacial score (nSPS) is 11.3. The highest BCUT2D eigenvalue weighted by Gasteiger charge is 2.14. The van der Waals surface area contributed by atoms with Crippen LogP contribution in [0.3, 0.4) is 0 Å². The monoisotopic (exact) mass is 563 g/mol. The number of hydrogen-bond donors (Lipinski definition) is 2. The summed E-state index contributed by atoms with van der Waals surface area (Å²) in [4.78, 5) is 22.4. The van der Waals surface area contributed by atoms with Gasteiger partial charge < -0.3 is 24.3 Å². The van der Waals surface area contributed by atoms with Gasteiger partial charge >= 0.3 is 11.9 Å². The number of fused-ring (bicyclic) bond motifs is 1. The number of benzene rings is 3. The molecule has 0 bridgehead atoms. The Morgan fingerprint density at radius 1 is 0.829 bits per heavy atom. The van der Waals surface area contributed by atoms with Crippen molar-refractivity contribution in [2.24, 2.45) is 0 Å². The molecule has 4 rings (SSSR count). The molecule has 0 aliphatic heterocycles. The number of aromatic nitrogens is 1. The minimum Gasteiger partial charge on any atom is -0.494 e. The van der Waals surface area contributed by atoms with E-state index in [4.69, 9.17) is 14.6 Å². The quantitative estimate of drug-likeness (QED) is 0.122. The predicted octanol–water partition coefficient (Wildman–Crippen LogP) is 6.82. The fourth-order valence-electron chi connectivity index (χ4n) is 4.52. The topological polar surface area (TPSA) is 98.0 Å². The van der Waals surface area contributed by atoms with Gasteiger partial charge in [-0.15, -0.1) is 0 Å². The highest BCUT2D eigenvalue weighted by Crippen LogP contribution is 2.28. The number of aliphatic carboxylic acids is 2. The van der Waals surface area contributed by atoms with Crippen LogP contribution in [-0.4, -0.2) is 39.9 Å². The molecule has 9 heteroatoms. The molecule has 41 heavy (non-hydrogen) atoms. The summed E-state index contributed by atoms with van der Waals surface area (Å²) in [5.74, 6) is -3.12. The van der Waals surface area contributed by atoms with Gasteiger partial charge in [0.15, 0.2) is 11.6 Å². The summed E-state index contributed by atoms with van der Waals surface area (Å²) in [7, 11) is 0. The molecule has 0 fully saturated rings. The van der Waals surface area contributed by atoms with Crippen molar-refractivity contribution < 1.29 is 38.1 Å². The van der Waals surface area contributed by atoms with Crippen LogP contribution in [0.4, 0.5) is 8.78 Å². The maximum Gasteiger partial charge on any atom is 0.307 e. The van der Waals surface area contributed by atoms with Crippen LogP contribution in [0.1, 0.15) is 42.4 Å². The Morgan fingerprint density at radius 2 is 1.56 bits per heavy atom. The molecule has 0 unspecified atom stereocenters. The lowest BCUT2D eigenvalue weighted by Crippen LogP contribution is -2.04. The second-order valence-electron chi connectivity index (χ2n) is 9.52. The van der Waals surface area contributed by atoms with Gasteiger partial charge in [-0.2, -0.15) is 4.39 Å². The summed E-state index contributed by atoms with van der Waals surface area (Å²) in [5, 5.41) is 19.2. The number of aryl methyl sites for hydroxylation is 1. The molecule has 0 aliphatic rings. The Morgan fingerprint density at radius 3 is 2.29 bits per heavy atom. The standard InChI is InChI=1S/C32H31F2NO6/c33-26-7-4-9-28(32(26)34)41-19-2-1-18-40-25-15-12-22(13-16-25)11-14-23-6-3-8-27-31(23)24(20-30(38)39)21-35(27)17-5-10-29(36)37/h3-4,6-9,11-16,21H,1-2,5,10,17-20H2,(H,36,37)(H,38,39)/b14-11+. The smallest absolute Gasteiger partial charge is 0.307 e. The molecule has 3 aromatic carbocycles. The molecule has 0 amide bonds. The summed E-state index contributed by atoms with van der Waals surface area (Å²) >= 11 is 0. The molecule has 0 spiro atoms. The maximum atomic E-state index is 13.6. The van der Waals surface area contributed by atoms with Crippen molar-refractivity contribution in [3.05, 3.63) is 95.2 Å². The van der Waals surface area contributed by atoms with Crippen LogP contribution in [0.25, 0.3) is 23.1 Å². The van der Waals surface area contributed by atoms with Gasteiger partial charge in [0.1, 0.15) is 5.75 Å². The van der Waals surface area contributed by atoms with Crippen molar-refractivity contribution in [1.82, 2.24) is 4.57 Å². The van der Waals surface area contributed by atoms with Crippen LogP contribution < -0.4 is 9.47 Å². The number of carboxylic acid groups (broad SMARTS) is 2. The third kappa shape index (κ3) is 8.17. The predicted molar refractivity (Wildman–Crippen MR) is 152 cm³/mol. The first-order valence-corrected chi connectivity index (χ1v) is 13.3. The van der Waals surface area contributed by atoms with Gasteiger partial charge in [-0.25, -0.2) is 4.39 Å². The maximum absolute atomic E-state index is 13.6. The molecule has 0 atom stereocenters. The van der Waals surface area contributed by atoms with Gasteiger partial charge in [0.25, 0.3) is 0 Å². The van der Waals surface area contributed by atoms with Crippen LogP contribution in [0.15, 0.2) is 66.9 Å². The fourth-order valence-corrected chi connectivity index (χ4v) is 4.52. The Bertz CT molecular complexity index is 1530. The van der Waals surface area contributed by atoms with Crippen molar-refractivity contribution in [2.75, 3.05) is 13.2 Å². The molecule has 0 saturated heterocycles. The van der Waals surface area contributed by atoms with E-state index in [-0.39, 0.29) is 25.2 Å². The molecule has 0 aliphatic carbocycles. The molecule has 4 aromatic rings. The van der Waals surface area contributed by atoms with Crippen molar-refractivity contribution in [3.63, 3.8) is 0 Å². The molecule has 214 valence electrons. The van der Waals surface area contributed by atoms with Gasteiger partial charge in [0.2, 0.25) is 5.82 Å². The Hall–Kier alpha value is -4.66. The Balaban J connectivity index is 1.34. The minimum absolute atomic E-state index is 0.0411. The third-order valence-electron chi connectivity index (χ3n) is 6.46. The molecule has 7 nitrogen and oxygen atoms in total. The van der Waals surface area contributed by atoms with Gasteiger partial charge in [-0.05, 0) is 66.3 Å². The van der Waals surface area contributed by atoms with E-state index in [2.05, 4.69) is 0 Å². The first-order valence-electron chi connectivity index (χ1n) is 13.3. The number of unbranched alkanes of at least 4 members (excludes halogenated alkanes) is 1. The minimum atomic E-state index is -0.985. The first kappa shape index (κ1) is 29.3. The SMILES string of the molecule is O=C(O)CCCn1cc(CC(=O)O)c2c(/C=C/c3ccc(OCCCCOc4cccc(F)c4F)cc3)cccc21. The van der Waals surface area contributed by atoms with Crippen molar-refractivity contribution in [3.8, 4) is 11.5 Å². The highest BCUT2D eigenvalue weighted by molar-refractivity contribution is 5.96. The van der Waals surface area contributed by atoms with E-state index in [0.29, 0.717) is 43.7 Å². The van der Waals surface area contributed by atoms with Gasteiger partial charge in [0.05, 0.1) is 19.6 Å². The van der Waals surface area contributed by atoms with Crippen LogP contribution in [0, 0.1) is 11.6 Å². The molecule has 0 radical (unpaired) electrons. The molecule has 0 saturated carbocycles. The lowest BCUT2D eigenvalue weighted by molar-refractivity contribution is -0.137. The molecule has 1 heterocycles. The van der Waals surface area contributed by atoms with Crippen molar-refractivity contribution in [1.29, 1.82) is 0 Å². The van der Waals surface area contributed by atoms with E-state index in [1.54, 1.807) is 6.20 Å². The summed E-state index contributed by atoms with van der Waals surface area (Å²) in [6, 6.07) is 17.1. The molecular formula is C32H31F2NO6. The number of rotatable bonds is 15. The summed E-state index contributed by atoms with van der Waals surface area (Å²) in [5.41, 5.74) is 3.35. The second kappa shape index (κ2) is 14.1. The molecule has 2 N–H and O–H groups in total. The number of ether oxygens (including phenoxy) is 2. The van der Waals surface area contributed by atoms with Crippen LogP contribution in [0.2, 0.25) is 0 Å². The van der Waals surface area contributed by atoms with E-state index in [9.17, 15) is 23.5 Å². The van der Waals surface area contributed by atoms with Gasteiger partial charge in [-0.1, -0.05) is 42.5 Å². The fraction of sp³-hybridized carbons (Fsp3) is 0.250. The van der Waals surface area contributed by atoms with E-state index < -0.39 is 23.6 Å².